The number of esters is 1. The van der Waals surface area contributed by atoms with E-state index in [1.807, 2.05) is 30.4 Å². The highest BCUT2D eigenvalue weighted by atomic mass is 32.1. The lowest BCUT2D eigenvalue weighted by Gasteiger charge is -2.02. The average molecular weight is 222 g/mol. The number of methoxy groups -OCH3 is 1. The van der Waals surface area contributed by atoms with Crippen molar-refractivity contribution < 1.29 is 9.53 Å². The molecular weight excluding hydrogens is 208 g/mol. The van der Waals surface area contributed by atoms with Crippen LogP contribution in [0.4, 0.5) is 0 Å². The van der Waals surface area contributed by atoms with Crippen LogP contribution in [0.3, 0.4) is 0 Å². The molecule has 0 radical (unpaired) electrons. The minimum Gasteiger partial charge on any atom is -0.465 e. The Bertz CT molecular complexity index is 358. The summed E-state index contributed by atoms with van der Waals surface area (Å²) in [6, 6.07) is 7.36. The zero-order chi connectivity index (χ0) is 11.1. The smallest absolute Gasteiger partial charge is 0.338 e. The highest BCUT2D eigenvalue weighted by Gasteiger charge is 2.07. The maximum atomic E-state index is 11.4. The van der Waals surface area contributed by atoms with E-state index in [1.54, 1.807) is 6.07 Å². The first kappa shape index (κ1) is 11.9. The molecule has 1 rings (SSSR count). The minimum absolute atomic E-state index is 0.305. The number of hydrogen-bond acceptors (Lipinski definition) is 3. The molecule has 0 bridgehead atoms. The molecule has 0 atom stereocenters. The van der Waals surface area contributed by atoms with Crippen LogP contribution in [-0.4, -0.2) is 18.8 Å². The first-order valence-corrected chi connectivity index (χ1v) is 5.37. The molecule has 80 valence electrons. The number of thiol groups is 1. The van der Waals surface area contributed by atoms with E-state index in [2.05, 4.69) is 12.6 Å². The van der Waals surface area contributed by atoms with E-state index in [9.17, 15) is 4.79 Å². The van der Waals surface area contributed by atoms with Crippen molar-refractivity contribution in [2.45, 2.75) is 6.42 Å². The van der Waals surface area contributed by atoms with Gasteiger partial charge in [-0.25, -0.2) is 4.79 Å². The number of allylic oxidation sites excluding steroid dienone is 1. The molecular formula is C12H14O2S. The number of benzene rings is 1. The van der Waals surface area contributed by atoms with Crippen LogP contribution in [0, 0.1) is 0 Å². The lowest BCUT2D eigenvalue weighted by molar-refractivity contribution is 0.0600. The molecule has 2 nitrogen and oxygen atoms in total. The third-order valence-electron chi connectivity index (χ3n) is 1.96. The first-order chi connectivity index (χ1) is 7.29. The number of hydrogen-bond donors (Lipinski definition) is 1. The molecule has 0 unspecified atom stereocenters. The van der Waals surface area contributed by atoms with Gasteiger partial charge in [0.1, 0.15) is 0 Å². The van der Waals surface area contributed by atoms with Crippen molar-refractivity contribution in [3.05, 3.63) is 41.5 Å². The minimum atomic E-state index is -0.305. The molecule has 0 saturated carbocycles. The number of rotatable bonds is 4. The normalized spacial score (nSPS) is 10.5. The molecule has 15 heavy (non-hydrogen) atoms. The standard InChI is InChI=1S/C12H14O2S/c1-14-12(13)11-8-3-2-6-10(11)7-4-5-9-15/h2-4,6-8,15H,5,9H2,1H3. The Balaban J connectivity index is 2.91. The quantitative estimate of drug-likeness (QED) is 0.626. The molecule has 0 heterocycles. The summed E-state index contributed by atoms with van der Waals surface area (Å²) in [5.74, 6) is 0.498. The van der Waals surface area contributed by atoms with Crippen LogP contribution in [-0.2, 0) is 4.74 Å². The van der Waals surface area contributed by atoms with Crippen LogP contribution >= 0.6 is 12.6 Å². The third kappa shape index (κ3) is 3.44. The second kappa shape index (κ2) is 6.30. The van der Waals surface area contributed by atoms with E-state index in [0.717, 1.165) is 17.7 Å². The highest BCUT2D eigenvalue weighted by Crippen LogP contribution is 2.12. The monoisotopic (exact) mass is 222 g/mol. The van der Waals surface area contributed by atoms with Crippen molar-refractivity contribution in [3.63, 3.8) is 0 Å². The molecule has 0 saturated heterocycles. The Morgan fingerprint density at radius 2 is 2.20 bits per heavy atom. The van der Waals surface area contributed by atoms with Gasteiger partial charge in [-0.2, -0.15) is 12.6 Å². The van der Waals surface area contributed by atoms with Gasteiger partial charge in [0.25, 0.3) is 0 Å². The van der Waals surface area contributed by atoms with Crippen molar-refractivity contribution in [1.82, 2.24) is 0 Å². The van der Waals surface area contributed by atoms with Crippen LogP contribution < -0.4 is 0 Å². The summed E-state index contributed by atoms with van der Waals surface area (Å²) < 4.78 is 4.70. The summed E-state index contributed by atoms with van der Waals surface area (Å²) in [6.07, 6.45) is 4.80. The van der Waals surface area contributed by atoms with Crippen LogP contribution in [0.5, 0.6) is 0 Å². The molecule has 0 aliphatic carbocycles. The molecule has 0 N–H and O–H groups in total. The molecule has 0 fully saturated rings. The van der Waals surface area contributed by atoms with Crippen molar-refractivity contribution in [2.75, 3.05) is 12.9 Å². The summed E-state index contributed by atoms with van der Waals surface area (Å²) in [5.41, 5.74) is 1.47. The van der Waals surface area contributed by atoms with Crippen LogP contribution in [0.2, 0.25) is 0 Å². The van der Waals surface area contributed by atoms with Gasteiger partial charge in [0.05, 0.1) is 12.7 Å². The van der Waals surface area contributed by atoms with E-state index in [0.29, 0.717) is 5.56 Å². The summed E-state index contributed by atoms with van der Waals surface area (Å²) in [7, 11) is 1.39. The Kier molecular flexibility index (Phi) is 4.98. The predicted octanol–water partition coefficient (Wildman–Crippen LogP) is 2.81. The largest absolute Gasteiger partial charge is 0.465 e. The lowest BCUT2D eigenvalue weighted by atomic mass is 10.1. The zero-order valence-corrected chi connectivity index (χ0v) is 9.54. The first-order valence-electron chi connectivity index (χ1n) is 4.74. The van der Waals surface area contributed by atoms with Crippen LogP contribution in [0.15, 0.2) is 30.3 Å². The van der Waals surface area contributed by atoms with Crippen molar-refractivity contribution in [3.8, 4) is 0 Å². The summed E-state index contributed by atoms with van der Waals surface area (Å²) in [5, 5.41) is 0. The van der Waals surface area contributed by atoms with Gasteiger partial charge >= 0.3 is 5.97 Å². The molecule has 0 aliphatic rings. The Hall–Kier alpha value is -1.22. The second-order valence-electron chi connectivity index (χ2n) is 2.99. The SMILES string of the molecule is COC(=O)c1ccccc1C=CCCS. The molecule has 0 aliphatic heterocycles. The van der Waals surface area contributed by atoms with Crippen LogP contribution in [0.25, 0.3) is 6.08 Å². The number of carbonyl (C=O) groups is 1. The van der Waals surface area contributed by atoms with E-state index in [1.165, 1.54) is 7.11 Å². The highest BCUT2D eigenvalue weighted by molar-refractivity contribution is 7.80. The topological polar surface area (TPSA) is 26.3 Å². The Morgan fingerprint density at radius 3 is 2.87 bits per heavy atom. The van der Waals surface area contributed by atoms with E-state index in [4.69, 9.17) is 4.74 Å². The fourth-order valence-electron chi connectivity index (χ4n) is 1.22. The zero-order valence-electron chi connectivity index (χ0n) is 8.64. The molecule has 1 aromatic carbocycles. The summed E-state index contributed by atoms with van der Waals surface area (Å²) >= 11 is 4.11. The molecule has 0 aromatic heterocycles. The number of carbonyl (C=O) groups excluding carboxylic acids is 1. The van der Waals surface area contributed by atoms with E-state index < -0.39 is 0 Å². The maximum Gasteiger partial charge on any atom is 0.338 e. The molecule has 0 amide bonds. The van der Waals surface area contributed by atoms with Gasteiger partial charge in [-0.3, -0.25) is 0 Å². The van der Waals surface area contributed by atoms with Crippen molar-refractivity contribution in [2.24, 2.45) is 0 Å². The van der Waals surface area contributed by atoms with Gasteiger partial charge in [-0.15, -0.1) is 0 Å². The molecule has 0 spiro atoms. The second-order valence-corrected chi connectivity index (χ2v) is 3.44. The van der Waals surface area contributed by atoms with Gasteiger partial charge in [-0.1, -0.05) is 30.4 Å². The predicted molar refractivity (Wildman–Crippen MR) is 65.3 cm³/mol. The van der Waals surface area contributed by atoms with Gasteiger partial charge in [0, 0.05) is 0 Å². The van der Waals surface area contributed by atoms with Gasteiger partial charge < -0.3 is 4.74 Å². The summed E-state index contributed by atoms with van der Waals surface area (Å²) in [4.78, 5) is 11.4. The fourth-order valence-corrected chi connectivity index (χ4v) is 1.37. The molecule has 1 aromatic rings. The van der Waals surface area contributed by atoms with Crippen molar-refractivity contribution >= 4 is 24.7 Å². The maximum absolute atomic E-state index is 11.4. The van der Waals surface area contributed by atoms with Gasteiger partial charge in [-0.05, 0) is 23.8 Å². The number of ether oxygens (including phenoxy) is 1. The third-order valence-corrected chi connectivity index (χ3v) is 2.22. The Morgan fingerprint density at radius 1 is 1.47 bits per heavy atom. The van der Waals surface area contributed by atoms with Crippen LogP contribution in [0.1, 0.15) is 22.3 Å². The van der Waals surface area contributed by atoms with E-state index >= 15 is 0 Å². The average Bonchev–Trinajstić information content (AvgIpc) is 2.29. The Labute approximate surface area is 95.4 Å². The summed E-state index contributed by atoms with van der Waals surface area (Å²) in [6.45, 7) is 0. The lowest BCUT2D eigenvalue weighted by Crippen LogP contribution is -2.03. The van der Waals surface area contributed by atoms with E-state index in [-0.39, 0.29) is 5.97 Å². The van der Waals surface area contributed by atoms with Gasteiger partial charge in [0.15, 0.2) is 0 Å². The molecule has 3 heteroatoms. The fraction of sp³-hybridized carbons (Fsp3) is 0.250. The van der Waals surface area contributed by atoms with Crippen molar-refractivity contribution in [1.29, 1.82) is 0 Å². The van der Waals surface area contributed by atoms with Gasteiger partial charge in [0.2, 0.25) is 0 Å².